The molecule has 2 nitrogen and oxygen atoms in total. The summed E-state index contributed by atoms with van der Waals surface area (Å²) in [5, 5.41) is 0. The first-order chi connectivity index (χ1) is 8.45. The van der Waals surface area contributed by atoms with Crippen molar-refractivity contribution in [1.29, 1.82) is 0 Å². The van der Waals surface area contributed by atoms with Gasteiger partial charge in [-0.1, -0.05) is 42.8 Å². The molecule has 18 heavy (non-hydrogen) atoms. The number of pyridine rings is 1. The molecule has 0 bridgehead atoms. The summed E-state index contributed by atoms with van der Waals surface area (Å²) in [6, 6.07) is 11.7. The molecule has 0 radical (unpaired) electrons. The zero-order chi connectivity index (χ0) is 13.2. The van der Waals surface area contributed by atoms with Crippen molar-refractivity contribution < 1.29 is 4.74 Å². The van der Waals surface area contributed by atoms with E-state index in [9.17, 15) is 0 Å². The second kappa shape index (κ2) is 5.11. The Hall–Kier alpha value is -1.35. The predicted molar refractivity (Wildman–Crippen MR) is 77.2 cm³/mol. The molecule has 0 atom stereocenters. The SMILES string of the molecule is CC(C)(C)c1ccc(Oc2ccc(Br)cc2)nc1. The molecule has 3 heteroatoms. The molecule has 0 saturated heterocycles. The predicted octanol–water partition coefficient (Wildman–Crippen LogP) is 4.93. The smallest absolute Gasteiger partial charge is 0.219 e. The maximum atomic E-state index is 5.67. The lowest BCUT2D eigenvalue weighted by molar-refractivity contribution is 0.460. The van der Waals surface area contributed by atoms with Crippen LogP contribution in [0.3, 0.4) is 0 Å². The van der Waals surface area contributed by atoms with Crippen LogP contribution < -0.4 is 4.74 Å². The Balaban J connectivity index is 2.13. The van der Waals surface area contributed by atoms with Crippen LogP contribution in [0.5, 0.6) is 11.6 Å². The molecule has 1 aromatic heterocycles. The molecular weight excluding hydrogens is 290 g/mol. The summed E-state index contributed by atoms with van der Waals surface area (Å²) < 4.78 is 6.70. The molecule has 94 valence electrons. The number of ether oxygens (including phenoxy) is 1. The van der Waals surface area contributed by atoms with Gasteiger partial charge in [0, 0.05) is 16.7 Å². The first-order valence-electron chi connectivity index (χ1n) is 5.85. The van der Waals surface area contributed by atoms with Crippen molar-refractivity contribution in [2.45, 2.75) is 26.2 Å². The van der Waals surface area contributed by atoms with E-state index < -0.39 is 0 Å². The van der Waals surface area contributed by atoms with Crippen molar-refractivity contribution in [3.8, 4) is 11.6 Å². The van der Waals surface area contributed by atoms with Gasteiger partial charge in [0.1, 0.15) is 5.75 Å². The van der Waals surface area contributed by atoms with Gasteiger partial charge in [0.2, 0.25) is 5.88 Å². The molecular formula is C15H16BrNO. The fourth-order valence-electron chi connectivity index (χ4n) is 1.51. The summed E-state index contributed by atoms with van der Waals surface area (Å²) >= 11 is 3.39. The van der Waals surface area contributed by atoms with Crippen LogP contribution in [0.25, 0.3) is 0 Å². The van der Waals surface area contributed by atoms with Crippen LogP contribution in [0.4, 0.5) is 0 Å². The van der Waals surface area contributed by atoms with Crippen LogP contribution in [-0.4, -0.2) is 4.98 Å². The van der Waals surface area contributed by atoms with Gasteiger partial charge in [0.25, 0.3) is 0 Å². The van der Waals surface area contributed by atoms with Gasteiger partial charge in [-0.05, 0) is 35.2 Å². The van der Waals surface area contributed by atoms with Crippen molar-refractivity contribution in [2.75, 3.05) is 0 Å². The van der Waals surface area contributed by atoms with Crippen molar-refractivity contribution in [3.63, 3.8) is 0 Å². The van der Waals surface area contributed by atoms with Crippen LogP contribution in [0.1, 0.15) is 26.3 Å². The van der Waals surface area contributed by atoms with Gasteiger partial charge in [-0.25, -0.2) is 4.98 Å². The van der Waals surface area contributed by atoms with E-state index in [0.29, 0.717) is 5.88 Å². The molecule has 0 aliphatic rings. The fourth-order valence-corrected chi connectivity index (χ4v) is 1.77. The maximum Gasteiger partial charge on any atom is 0.219 e. The lowest BCUT2D eigenvalue weighted by Crippen LogP contribution is -2.11. The highest BCUT2D eigenvalue weighted by Gasteiger charge is 2.13. The Kier molecular flexibility index (Phi) is 3.71. The van der Waals surface area contributed by atoms with Gasteiger partial charge < -0.3 is 4.74 Å². The minimum atomic E-state index is 0.114. The van der Waals surface area contributed by atoms with Crippen molar-refractivity contribution in [2.24, 2.45) is 0 Å². The number of hydrogen-bond acceptors (Lipinski definition) is 2. The molecule has 0 amide bonds. The average Bonchev–Trinajstić information content (AvgIpc) is 2.32. The molecule has 0 aliphatic carbocycles. The maximum absolute atomic E-state index is 5.67. The highest BCUT2D eigenvalue weighted by Crippen LogP contribution is 2.25. The molecule has 2 rings (SSSR count). The van der Waals surface area contributed by atoms with Crippen LogP contribution in [0, 0.1) is 0 Å². The number of nitrogens with zero attached hydrogens (tertiary/aromatic N) is 1. The third-order valence-corrected chi connectivity index (χ3v) is 3.17. The summed E-state index contributed by atoms with van der Waals surface area (Å²) in [6.45, 7) is 6.50. The van der Waals surface area contributed by atoms with E-state index in [1.807, 2.05) is 36.5 Å². The second-order valence-electron chi connectivity index (χ2n) is 5.19. The molecule has 2 aromatic rings. The molecule has 0 spiro atoms. The van der Waals surface area contributed by atoms with Crippen LogP contribution in [0.2, 0.25) is 0 Å². The monoisotopic (exact) mass is 305 g/mol. The number of aromatic nitrogens is 1. The summed E-state index contributed by atoms with van der Waals surface area (Å²) in [4.78, 5) is 4.33. The standard InChI is InChI=1S/C15H16BrNO/c1-15(2,3)11-4-9-14(17-10-11)18-13-7-5-12(16)6-8-13/h4-10H,1-3H3. The van der Waals surface area contributed by atoms with Gasteiger partial charge >= 0.3 is 0 Å². The van der Waals surface area contributed by atoms with E-state index in [-0.39, 0.29) is 5.41 Å². The second-order valence-corrected chi connectivity index (χ2v) is 6.11. The van der Waals surface area contributed by atoms with Crippen LogP contribution >= 0.6 is 15.9 Å². The first-order valence-corrected chi connectivity index (χ1v) is 6.64. The lowest BCUT2D eigenvalue weighted by atomic mass is 9.88. The first kappa shape index (κ1) is 13.1. The molecule has 1 aromatic carbocycles. The third kappa shape index (κ3) is 3.33. The summed E-state index contributed by atoms with van der Waals surface area (Å²) in [6.07, 6.45) is 1.87. The summed E-state index contributed by atoms with van der Waals surface area (Å²) in [5.74, 6) is 1.40. The number of halogens is 1. The molecule has 1 heterocycles. The Morgan fingerprint density at radius 2 is 1.67 bits per heavy atom. The van der Waals surface area contributed by atoms with Gasteiger partial charge in [-0.15, -0.1) is 0 Å². The molecule has 0 unspecified atom stereocenters. The largest absolute Gasteiger partial charge is 0.439 e. The Bertz CT molecular complexity index is 512. The van der Waals surface area contributed by atoms with E-state index >= 15 is 0 Å². The Morgan fingerprint density at radius 1 is 1.00 bits per heavy atom. The van der Waals surface area contributed by atoms with E-state index in [1.165, 1.54) is 5.56 Å². The van der Waals surface area contributed by atoms with E-state index in [4.69, 9.17) is 4.74 Å². The molecule has 0 saturated carbocycles. The summed E-state index contributed by atoms with van der Waals surface area (Å²) in [7, 11) is 0. The van der Waals surface area contributed by atoms with E-state index in [0.717, 1.165) is 10.2 Å². The van der Waals surface area contributed by atoms with E-state index in [2.05, 4.69) is 47.8 Å². The quantitative estimate of drug-likeness (QED) is 0.784. The van der Waals surface area contributed by atoms with Gasteiger partial charge in [0.05, 0.1) is 0 Å². The molecule has 0 fully saturated rings. The topological polar surface area (TPSA) is 22.1 Å². The fraction of sp³-hybridized carbons (Fsp3) is 0.267. The number of hydrogen-bond donors (Lipinski definition) is 0. The normalized spacial score (nSPS) is 11.3. The van der Waals surface area contributed by atoms with Crippen LogP contribution in [0.15, 0.2) is 47.1 Å². The number of benzene rings is 1. The van der Waals surface area contributed by atoms with E-state index in [1.54, 1.807) is 0 Å². The zero-order valence-corrected chi connectivity index (χ0v) is 12.4. The minimum Gasteiger partial charge on any atom is -0.439 e. The van der Waals surface area contributed by atoms with Crippen molar-refractivity contribution in [3.05, 3.63) is 52.6 Å². The third-order valence-electron chi connectivity index (χ3n) is 2.64. The Labute approximate surface area is 116 Å². The van der Waals surface area contributed by atoms with Crippen LogP contribution in [-0.2, 0) is 5.41 Å². The summed E-state index contributed by atoms with van der Waals surface area (Å²) in [5.41, 5.74) is 1.31. The zero-order valence-electron chi connectivity index (χ0n) is 10.8. The highest BCUT2D eigenvalue weighted by molar-refractivity contribution is 9.10. The Morgan fingerprint density at radius 3 is 2.17 bits per heavy atom. The average molecular weight is 306 g/mol. The number of rotatable bonds is 2. The van der Waals surface area contributed by atoms with Crippen molar-refractivity contribution in [1.82, 2.24) is 4.98 Å². The van der Waals surface area contributed by atoms with Crippen molar-refractivity contribution >= 4 is 15.9 Å². The van der Waals surface area contributed by atoms with Gasteiger partial charge in [-0.2, -0.15) is 0 Å². The minimum absolute atomic E-state index is 0.114. The van der Waals surface area contributed by atoms with Gasteiger partial charge in [-0.3, -0.25) is 0 Å². The highest BCUT2D eigenvalue weighted by atomic mass is 79.9. The molecule has 0 N–H and O–H groups in total. The lowest BCUT2D eigenvalue weighted by Gasteiger charge is -2.18. The molecule has 0 aliphatic heterocycles. The van der Waals surface area contributed by atoms with Gasteiger partial charge in [0.15, 0.2) is 0 Å².